The smallest absolute Gasteiger partial charge is 0.343 e. The lowest BCUT2D eigenvalue weighted by Gasteiger charge is -2.19. The quantitative estimate of drug-likeness (QED) is 0.378. The van der Waals surface area contributed by atoms with Crippen LogP contribution in [0.25, 0.3) is 5.65 Å². The molecule has 0 fully saturated rings. The monoisotopic (exact) mass is 493 g/mol. The number of hydrogen-bond acceptors (Lipinski definition) is 8. The molecule has 4 aromatic rings. The Morgan fingerprint density at radius 2 is 2.09 bits per heavy atom. The third-order valence-corrected chi connectivity index (χ3v) is 6.90. The maximum atomic E-state index is 13.3. The van der Waals surface area contributed by atoms with Gasteiger partial charge in [-0.05, 0) is 17.5 Å². The van der Waals surface area contributed by atoms with Gasteiger partial charge in [-0.25, -0.2) is 14.3 Å². The van der Waals surface area contributed by atoms with Crippen LogP contribution < -0.4 is 10.3 Å². The van der Waals surface area contributed by atoms with Gasteiger partial charge in [0.2, 0.25) is 0 Å². The first-order chi connectivity index (χ1) is 17.1. The summed E-state index contributed by atoms with van der Waals surface area (Å²) in [4.78, 5) is 46.1. The van der Waals surface area contributed by atoms with Crippen LogP contribution >= 0.6 is 11.3 Å². The fourth-order valence-electron chi connectivity index (χ4n) is 4.25. The van der Waals surface area contributed by atoms with Gasteiger partial charge >= 0.3 is 5.97 Å². The molecule has 180 valence electrons. The SMILES string of the molecule is COC(=O)c1c(OCCc2cccs2)cc(=O)n2c1CCN(C(=O)c1cnn3cccnc13)CC2. The summed E-state index contributed by atoms with van der Waals surface area (Å²) in [7, 11) is 1.30. The van der Waals surface area contributed by atoms with Gasteiger partial charge in [-0.3, -0.25) is 9.59 Å². The Morgan fingerprint density at radius 3 is 2.89 bits per heavy atom. The van der Waals surface area contributed by atoms with E-state index in [9.17, 15) is 14.4 Å². The van der Waals surface area contributed by atoms with Crippen molar-refractivity contribution < 1.29 is 19.1 Å². The highest BCUT2D eigenvalue weighted by Crippen LogP contribution is 2.25. The van der Waals surface area contributed by atoms with E-state index < -0.39 is 5.97 Å². The summed E-state index contributed by atoms with van der Waals surface area (Å²) in [5, 5.41) is 6.18. The molecule has 0 saturated carbocycles. The lowest BCUT2D eigenvalue weighted by molar-refractivity contribution is 0.0593. The number of fused-ring (bicyclic) bond motifs is 2. The van der Waals surface area contributed by atoms with Crippen LogP contribution in [0.1, 0.15) is 31.3 Å². The summed E-state index contributed by atoms with van der Waals surface area (Å²) in [6.07, 6.45) is 5.77. The topological polar surface area (TPSA) is 108 Å². The van der Waals surface area contributed by atoms with Crippen LogP contribution in [0.4, 0.5) is 0 Å². The predicted octanol–water partition coefficient (Wildman–Crippen LogP) is 2.06. The number of carbonyl (C=O) groups excluding carboxylic acids is 2. The minimum Gasteiger partial charge on any atom is -0.492 e. The van der Waals surface area contributed by atoms with E-state index >= 15 is 0 Å². The summed E-state index contributed by atoms with van der Waals surface area (Å²) in [5.74, 6) is -0.602. The molecule has 35 heavy (non-hydrogen) atoms. The molecule has 1 aliphatic heterocycles. The number of thiophene rings is 1. The molecule has 0 aromatic carbocycles. The maximum Gasteiger partial charge on any atom is 0.343 e. The number of carbonyl (C=O) groups is 2. The number of hydrogen-bond donors (Lipinski definition) is 0. The highest BCUT2D eigenvalue weighted by atomic mass is 32.1. The van der Waals surface area contributed by atoms with E-state index in [-0.39, 0.29) is 29.3 Å². The number of aromatic nitrogens is 4. The minimum absolute atomic E-state index is 0.205. The van der Waals surface area contributed by atoms with Crippen LogP contribution in [-0.4, -0.2) is 62.7 Å². The second kappa shape index (κ2) is 9.71. The maximum absolute atomic E-state index is 13.3. The van der Waals surface area contributed by atoms with Gasteiger partial charge in [-0.1, -0.05) is 6.07 Å². The number of ether oxygens (including phenoxy) is 2. The first-order valence-electron chi connectivity index (χ1n) is 11.1. The van der Waals surface area contributed by atoms with Crippen LogP contribution in [0, 0.1) is 0 Å². The van der Waals surface area contributed by atoms with Crippen molar-refractivity contribution in [2.24, 2.45) is 0 Å². The molecule has 0 saturated heterocycles. The molecule has 5 heterocycles. The van der Waals surface area contributed by atoms with Gasteiger partial charge in [0.1, 0.15) is 16.9 Å². The largest absolute Gasteiger partial charge is 0.492 e. The Hall–Kier alpha value is -3.99. The van der Waals surface area contributed by atoms with Gasteiger partial charge in [0, 0.05) is 61.5 Å². The van der Waals surface area contributed by atoms with E-state index in [1.165, 1.54) is 23.9 Å². The molecule has 0 atom stereocenters. The molecule has 0 bridgehead atoms. The Labute approximate surface area is 204 Å². The van der Waals surface area contributed by atoms with Crippen LogP contribution in [-0.2, 0) is 24.1 Å². The van der Waals surface area contributed by atoms with Crippen LogP contribution in [0.3, 0.4) is 0 Å². The molecule has 0 aliphatic carbocycles. The fraction of sp³-hybridized carbons (Fsp3) is 0.292. The highest BCUT2D eigenvalue weighted by Gasteiger charge is 2.28. The molecular formula is C24H23N5O5S. The summed E-state index contributed by atoms with van der Waals surface area (Å²) in [5.41, 5.74) is 1.29. The average Bonchev–Trinajstić information content (AvgIpc) is 3.49. The van der Waals surface area contributed by atoms with Crippen molar-refractivity contribution in [2.75, 3.05) is 26.8 Å². The molecule has 0 radical (unpaired) electrons. The van der Waals surface area contributed by atoms with Crippen molar-refractivity contribution in [1.82, 2.24) is 24.1 Å². The van der Waals surface area contributed by atoms with Gasteiger partial charge in [0.15, 0.2) is 5.65 Å². The molecule has 10 nitrogen and oxygen atoms in total. The summed E-state index contributed by atoms with van der Waals surface area (Å²) >= 11 is 1.62. The Bertz CT molecular complexity index is 1440. The lowest BCUT2D eigenvalue weighted by Crippen LogP contribution is -2.34. The van der Waals surface area contributed by atoms with Crippen LogP contribution in [0.15, 0.2) is 53.0 Å². The van der Waals surface area contributed by atoms with Crippen molar-refractivity contribution >= 4 is 28.9 Å². The van der Waals surface area contributed by atoms with E-state index in [0.717, 1.165) is 4.88 Å². The first-order valence-corrected chi connectivity index (χ1v) is 12.0. The zero-order valence-corrected chi connectivity index (χ0v) is 19.9. The molecule has 1 amide bonds. The first kappa shape index (κ1) is 22.8. The van der Waals surface area contributed by atoms with E-state index in [1.54, 1.807) is 39.2 Å². The van der Waals surface area contributed by atoms with Gasteiger partial charge in [0.25, 0.3) is 11.5 Å². The Kier molecular flexibility index (Phi) is 6.32. The fourth-order valence-corrected chi connectivity index (χ4v) is 4.94. The average molecular weight is 494 g/mol. The number of nitrogens with zero attached hydrogens (tertiary/aromatic N) is 5. The number of methoxy groups -OCH3 is 1. The number of esters is 1. The second-order valence-electron chi connectivity index (χ2n) is 7.98. The standard InChI is InChI=1S/C24H23N5O5S/c1-33-24(32)21-18-5-9-27(23(31)17-15-26-29-8-3-7-25-22(17)29)10-11-28(18)20(30)14-19(21)34-12-6-16-4-2-13-35-16/h2-4,7-8,13-15H,5-6,9-12H2,1H3. The van der Waals surface area contributed by atoms with E-state index in [2.05, 4.69) is 10.1 Å². The van der Waals surface area contributed by atoms with Crippen molar-refractivity contribution in [1.29, 1.82) is 0 Å². The lowest BCUT2D eigenvalue weighted by atomic mass is 10.1. The molecule has 1 aliphatic rings. The summed E-state index contributed by atoms with van der Waals surface area (Å²) < 4.78 is 14.0. The zero-order chi connectivity index (χ0) is 24.4. The van der Waals surface area contributed by atoms with Crippen molar-refractivity contribution in [3.05, 3.63) is 80.3 Å². The minimum atomic E-state index is -0.577. The van der Waals surface area contributed by atoms with E-state index in [1.807, 2.05) is 17.5 Å². The third-order valence-electron chi connectivity index (χ3n) is 5.97. The van der Waals surface area contributed by atoms with Gasteiger partial charge in [-0.15, -0.1) is 11.3 Å². The van der Waals surface area contributed by atoms with E-state index in [0.29, 0.717) is 49.4 Å². The van der Waals surface area contributed by atoms with Crippen molar-refractivity contribution in [3.63, 3.8) is 0 Å². The molecule has 0 N–H and O–H groups in total. The molecule has 4 aromatic heterocycles. The summed E-state index contributed by atoms with van der Waals surface area (Å²) in [6.45, 7) is 1.17. The van der Waals surface area contributed by atoms with Crippen molar-refractivity contribution in [3.8, 4) is 5.75 Å². The third kappa shape index (κ3) is 4.42. The van der Waals surface area contributed by atoms with Crippen LogP contribution in [0.5, 0.6) is 5.75 Å². The van der Waals surface area contributed by atoms with E-state index in [4.69, 9.17) is 9.47 Å². The molecule has 5 rings (SSSR count). The number of rotatable bonds is 6. The predicted molar refractivity (Wildman–Crippen MR) is 128 cm³/mol. The molecule has 0 spiro atoms. The molecular weight excluding hydrogens is 470 g/mol. The molecule has 0 unspecified atom stereocenters. The van der Waals surface area contributed by atoms with Gasteiger partial charge in [0.05, 0.1) is 19.9 Å². The molecule has 11 heteroatoms. The Balaban J connectivity index is 1.42. The zero-order valence-electron chi connectivity index (χ0n) is 19.0. The normalized spacial score (nSPS) is 13.3. The van der Waals surface area contributed by atoms with Gasteiger partial charge in [-0.2, -0.15) is 5.10 Å². The number of amides is 1. The summed E-state index contributed by atoms with van der Waals surface area (Å²) in [6, 6.07) is 7.03. The Morgan fingerprint density at radius 1 is 1.20 bits per heavy atom. The van der Waals surface area contributed by atoms with Crippen molar-refractivity contribution in [2.45, 2.75) is 19.4 Å². The van der Waals surface area contributed by atoms with Crippen LogP contribution in [0.2, 0.25) is 0 Å². The highest BCUT2D eigenvalue weighted by molar-refractivity contribution is 7.09. The second-order valence-corrected chi connectivity index (χ2v) is 9.01. The number of pyridine rings is 1. The van der Waals surface area contributed by atoms with Gasteiger partial charge < -0.3 is 18.9 Å².